The zero-order valence-electron chi connectivity index (χ0n) is 10.4. The van der Waals surface area contributed by atoms with Crippen LogP contribution in [0.15, 0.2) is 22.8 Å². The highest BCUT2D eigenvalue weighted by molar-refractivity contribution is 5.42. The van der Waals surface area contributed by atoms with E-state index in [9.17, 15) is 5.11 Å². The highest BCUT2D eigenvalue weighted by atomic mass is 16.3. The zero-order valence-corrected chi connectivity index (χ0v) is 10.4. The molecule has 0 saturated heterocycles. The molecule has 3 aliphatic rings. The molecule has 0 amide bonds. The van der Waals surface area contributed by atoms with Gasteiger partial charge in [0.1, 0.15) is 5.76 Å². The molecular formula is C15H18O2. The van der Waals surface area contributed by atoms with Crippen molar-refractivity contribution >= 4 is 0 Å². The number of furan rings is 1. The highest BCUT2D eigenvalue weighted by Crippen LogP contribution is 2.72. The molecule has 1 aromatic heterocycles. The van der Waals surface area contributed by atoms with Crippen LogP contribution in [-0.2, 0) is 6.42 Å². The van der Waals surface area contributed by atoms with E-state index in [0.717, 1.165) is 29.2 Å². The van der Waals surface area contributed by atoms with Crippen LogP contribution in [0.3, 0.4) is 0 Å². The lowest BCUT2D eigenvalue weighted by molar-refractivity contribution is 0.0272. The number of hydrogen-bond acceptors (Lipinski definition) is 2. The van der Waals surface area contributed by atoms with Crippen molar-refractivity contribution in [3.8, 4) is 0 Å². The maximum absolute atomic E-state index is 10.7. The Morgan fingerprint density at radius 2 is 2.29 bits per heavy atom. The predicted molar refractivity (Wildman–Crippen MR) is 64.4 cm³/mol. The molecule has 2 heteroatoms. The van der Waals surface area contributed by atoms with Crippen LogP contribution in [0, 0.1) is 30.1 Å². The van der Waals surface area contributed by atoms with Gasteiger partial charge in [-0.05, 0) is 36.2 Å². The summed E-state index contributed by atoms with van der Waals surface area (Å²) in [7, 11) is 0. The lowest BCUT2D eigenvalue weighted by Gasteiger charge is -2.41. The molecule has 1 N–H and O–H groups in total. The summed E-state index contributed by atoms with van der Waals surface area (Å²) in [5.74, 6) is 2.65. The minimum Gasteiger partial charge on any atom is -0.469 e. The maximum atomic E-state index is 10.7. The van der Waals surface area contributed by atoms with Crippen molar-refractivity contribution in [2.75, 3.05) is 0 Å². The van der Waals surface area contributed by atoms with Crippen LogP contribution in [0.5, 0.6) is 0 Å². The largest absolute Gasteiger partial charge is 0.469 e. The van der Waals surface area contributed by atoms with Gasteiger partial charge in [0, 0.05) is 17.9 Å². The molecule has 5 atom stereocenters. The van der Waals surface area contributed by atoms with Crippen molar-refractivity contribution in [1.29, 1.82) is 0 Å². The summed E-state index contributed by atoms with van der Waals surface area (Å²) in [6.07, 6.45) is 3.62. The maximum Gasteiger partial charge on any atom is 0.110 e. The Balaban J connectivity index is 1.90. The first kappa shape index (κ1) is 9.95. The van der Waals surface area contributed by atoms with Gasteiger partial charge in [0.2, 0.25) is 0 Å². The molecule has 0 spiro atoms. The normalized spacial score (nSPS) is 46.4. The van der Waals surface area contributed by atoms with E-state index in [1.54, 1.807) is 6.26 Å². The average Bonchev–Trinajstić information content (AvgIpc) is 2.94. The minimum atomic E-state index is -0.400. The standard InChI is InChI=1S/C15H18O2/c1-7-6-17-11-5-15(3)10-4-9(10)8(2)13(15)14(16)12(7)11/h6,9-10,13-14,16H,2,4-5H2,1,3H3/t9-,10+,13+,14+,15-/m1/s1. The second kappa shape index (κ2) is 2.69. The van der Waals surface area contributed by atoms with Crippen LogP contribution in [0.25, 0.3) is 0 Å². The number of aliphatic hydroxyl groups excluding tert-OH is 1. The average molecular weight is 230 g/mol. The van der Waals surface area contributed by atoms with Crippen molar-refractivity contribution in [2.24, 2.45) is 23.2 Å². The van der Waals surface area contributed by atoms with E-state index in [4.69, 9.17) is 4.42 Å². The Kier molecular flexibility index (Phi) is 1.58. The minimum absolute atomic E-state index is 0.179. The molecule has 17 heavy (non-hydrogen) atoms. The summed E-state index contributed by atoms with van der Waals surface area (Å²) < 4.78 is 5.64. The molecule has 2 saturated carbocycles. The van der Waals surface area contributed by atoms with Gasteiger partial charge in [-0.1, -0.05) is 19.1 Å². The summed E-state index contributed by atoms with van der Waals surface area (Å²) in [6.45, 7) is 8.58. The number of fused-ring (bicyclic) bond motifs is 4. The fraction of sp³-hybridized carbons (Fsp3) is 0.600. The second-order valence-corrected chi connectivity index (χ2v) is 6.38. The molecule has 0 bridgehead atoms. The Morgan fingerprint density at radius 1 is 1.53 bits per heavy atom. The third kappa shape index (κ3) is 0.971. The first-order valence-electron chi connectivity index (χ1n) is 6.47. The van der Waals surface area contributed by atoms with E-state index in [-0.39, 0.29) is 11.3 Å². The Hall–Kier alpha value is -1.02. The summed E-state index contributed by atoms with van der Waals surface area (Å²) >= 11 is 0. The van der Waals surface area contributed by atoms with Gasteiger partial charge in [-0.2, -0.15) is 0 Å². The van der Waals surface area contributed by atoms with E-state index in [0.29, 0.717) is 5.92 Å². The molecule has 4 rings (SSSR count). The fourth-order valence-electron chi connectivity index (χ4n) is 4.58. The summed E-state index contributed by atoms with van der Waals surface area (Å²) in [6, 6.07) is 0. The topological polar surface area (TPSA) is 33.4 Å². The van der Waals surface area contributed by atoms with Crippen LogP contribution >= 0.6 is 0 Å². The van der Waals surface area contributed by atoms with Gasteiger partial charge in [0.15, 0.2) is 0 Å². The molecule has 0 unspecified atom stereocenters. The van der Waals surface area contributed by atoms with Crippen LogP contribution in [-0.4, -0.2) is 5.11 Å². The van der Waals surface area contributed by atoms with Crippen molar-refractivity contribution < 1.29 is 9.52 Å². The van der Waals surface area contributed by atoms with Gasteiger partial charge < -0.3 is 9.52 Å². The van der Waals surface area contributed by atoms with Crippen molar-refractivity contribution in [3.05, 3.63) is 35.3 Å². The number of rotatable bonds is 0. The number of aliphatic hydroxyl groups is 1. The zero-order chi connectivity index (χ0) is 11.9. The lowest BCUT2D eigenvalue weighted by atomic mass is 9.64. The molecule has 2 nitrogen and oxygen atoms in total. The van der Waals surface area contributed by atoms with E-state index in [2.05, 4.69) is 13.5 Å². The van der Waals surface area contributed by atoms with E-state index < -0.39 is 6.10 Å². The van der Waals surface area contributed by atoms with Crippen LogP contribution in [0.1, 0.15) is 36.3 Å². The molecule has 90 valence electrons. The SMILES string of the molecule is C=C1[C@H]2C[C@@H]2[C@@]2(C)Cc3occ(C)c3[C@H](O)[C@H]12. The van der Waals surface area contributed by atoms with Crippen LogP contribution in [0.4, 0.5) is 0 Å². The molecule has 0 radical (unpaired) electrons. The molecule has 1 aromatic rings. The van der Waals surface area contributed by atoms with Crippen molar-refractivity contribution in [1.82, 2.24) is 0 Å². The molecule has 1 heterocycles. The number of aryl methyl sites for hydroxylation is 1. The van der Waals surface area contributed by atoms with Crippen LogP contribution in [0.2, 0.25) is 0 Å². The first-order valence-corrected chi connectivity index (χ1v) is 6.47. The molecule has 2 fully saturated rings. The number of hydrogen-bond donors (Lipinski definition) is 1. The van der Waals surface area contributed by atoms with Gasteiger partial charge >= 0.3 is 0 Å². The molecule has 3 aliphatic carbocycles. The van der Waals surface area contributed by atoms with E-state index in [1.807, 2.05) is 6.92 Å². The van der Waals surface area contributed by atoms with Gasteiger partial charge in [-0.15, -0.1) is 0 Å². The van der Waals surface area contributed by atoms with E-state index in [1.165, 1.54) is 12.0 Å². The smallest absolute Gasteiger partial charge is 0.110 e. The van der Waals surface area contributed by atoms with Crippen molar-refractivity contribution in [2.45, 2.75) is 32.8 Å². The summed E-state index contributed by atoms with van der Waals surface area (Å²) in [4.78, 5) is 0. The van der Waals surface area contributed by atoms with Gasteiger partial charge in [0.25, 0.3) is 0 Å². The monoisotopic (exact) mass is 230 g/mol. The summed E-state index contributed by atoms with van der Waals surface area (Å²) in [5.41, 5.74) is 3.59. The molecular weight excluding hydrogens is 212 g/mol. The third-order valence-corrected chi connectivity index (χ3v) is 5.48. The highest BCUT2D eigenvalue weighted by Gasteiger charge is 2.66. The predicted octanol–water partition coefficient (Wildman–Crippen LogP) is 3.01. The van der Waals surface area contributed by atoms with Gasteiger partial charge in [0.05, 0.1) is 12.4 Å². The fourth-order valence-corrected chi connectivity index (χ4v) is 4.58. The Bertz CT molecular complexity index is 527. The first-order chi connectivity index (χ1) is 8.04. The Morgan fingerprint density at radius 3 is 3.06 bits per heavy atom. The van der Waals surface area contributed by atoms with E-state index >= 15 is 0 Å². The molecule has 0 aliphatic heterocycles. The van der Waals surface area contributed by atoms with Gasteiger partial charge in [-0.3, -0.25) is 0 Å². The quantitative estimate of drug-likeness (QED) is 0.695. The van der Waals surface area contributed by atoms with Gasteiger partial charge in [-0.25, -0.2) is 0 Å². The van der Waals surface area contributed by atoms with Crippen LogP contribution < -0.4 is 0 Å². The Labute approximate surface area is 101 Å². The third-order valence-electron chi connectivity index (χ3n) is 5.48. The summed E-state index contributed by atoms with van der Waals surface area (Å²) in [5, 5.41) is 10.7. The lowest BCUT2D eigenvalue weighted by Crippen LogP contribution is -2.37. The molecule has 0 aromatic carbocycles. The van der Waals surface area contributed by atoms with Crippen molar-refractivity contribution in [3.63, 3.8) is 0 Å². The second-order valence-electron chi connectivity index (χ2n) is 6.38.